The Kier molecular flexibility index (Phi) is 3.51. The van der Waals surface area contributed by atoms with Crippen LogP contribution in [0.4, 0.5) is 13.2 Å². The number of hydrogen-bond acceptors (Lipinski definition) is 2. The van der Waals surface area contributed by atoms with E-state index in [1.165, 1.54) is 12.3 Å². The summed E-state index contributed by atoms with van der Waals surface area (Å²) in [6.07, 6.45) is 1.33. The van der Waals surface area contributed by atoms with Gasteiger partial charge < -0.3 is 4.90 Å². The summed E-state index contributed by atoms with van der Waals surface area (Å²) >= 11 is 3.22. The van der Waals surface area contributed by atoms with E-state index in [4.69, 9.17) is 0 Å². The minimum absolute atomic E-state index is 0.01000. The molecule has 0 saturated heterocycles. The van der Waals surface area contributed by atoms with Crippen molar-refractivity contribution >= 4 is 21.9 Å². The van der Waals surface area contributed by atoms with E-state index in [1.54, 1.807) is 4.90 Å². The molecule has 0 saturated carbocycles. The highest BCUT2D eigenvalue weighted by atomic mass is 79.9. The average Bonchev–Trinajstić information content (AvgIpc) is 2.29. The van der Waals surface area contributed by atoms with Crippen LogP contribution in [-0.4, -0.2) is 17.4 Å². The molecule has 90 valence electrons. The second kappa shape index (κ2) is 4.91. The van der Waals surface area contributed by atoms with E-state index in [0.717, 1.165) is 12.1 Å². The Hall–Kier alpha value is -1.30. The SMILES string of the molecule is FC1=NC=C(Br)N(Cc2ccc(F)c(F)c2)C1. The first kappa shape index (κ1) is 12.2. The van der Waals surface area contributed by atoms with E-state index in [-0.39, 0.29) is 13.1 Å². The van der Waals surface area contributed by atoms with Gasteiger partial charge in [-0.3, -0.25) is 0 Å². The largest absolute Gasteiger partial charge is 0.352 e. The molecule has 2 nitrogen and oxygen atoms in total. The number of hydrogen-bond donors (Lipinski definition) is 0. The molecule has 0 atom stereocenters. The molecule has 1 aromatic rings. The smallest absolute Gasteiger partial charge is 0.208 e. The molecule has 0 radical (unpaired) electrons. The zero-order chi connectivity index (χ0) is 12.4. The quantitative estimate of drug-likeness (QED) is 0.765. The van der Waals surface area contributed by atoms with Crippen molar-refractivity contribution in [2.75, 3.05) is 6.54 Å². The van der Waals surface area contributed by atoms with Crippen molar-refractivity contribution in [3.63, 3.8) is 0 Å². The monoisotopic (exact) mass is 304 g/mol. The van der Waals surface area contributed by atoms with Crippen LogP contribution in [0.15, 0.2) is 34.0 Å². The van der Waals surface area contributed by atoms with Gasteiger partial charge in [0, 0.05) is 6.54 Å². The van der Waals surface area contributed by atoms with Crippen LogP contribution in [0, 0.1) is 11.6 Å². The second-order valence-corrected chi connectivity index (χ2v) is 4.37. The first-order chi connectivity index (χ1) is 8.06. The van der Waals surface area contributed by atoms with Gasteiger partial charge in [-0.05, 0) is 33.6 Å². The van der Waals surface area contributed by atoms with Crippen LogP contribution in [0.3, 0.4) is 0 Å². The van der Waals surface area contributed by atoms with Gasteiger partial charge in [0.25, 0.3) is 0 Å². The molecule has 1 heterocycles. The Labute approximate surface area is 105 Å². The van der Waals surface area contributed by atoms with Crippen LogP contribution in [-0.2, 0) is 6.54 Å². The summed E-state index contributed by atoms with van der Waals surface area (Å²) in [5.74, 6) is -2.32. The fourth-order valence-corrected chi connectivity index (χ4v) is 1.82. The van der Waals surface area contributed by atoms with Crippen LogP contribution in [0.1, 0.15) is 5.56 Å². The van der Waals surface area contributed by atoms with E-state index >= 15 is 0 Å². The van der Waals surface area contributed by atoms with Crippen molar-refractivity contribution in [1.82, 2.24) is 4.90 Å². The minimum Gasteiger partial charge on any atom is -0.352 e. The molecule has 0 aromatic heterocycles. The summed E-state index contributed by atoms with van der Waals surface area (Å²) in [5, 5.41) is 0. The molecule has 1 aliphatic heterocycles. The molecule has 0 N–H and O–H groups in total. The lowest BCUT2D eigenvalue weighted by atomic mass is 10.2. The van der Waals surface area contributed by atoms with Crippen LogP contribution < -0.4 is 0 Å². The standard InChI is InChI=1S/C11H8BrF3N2/c12-10-4-16-11(15)6-17(10)5-7-1-2-8(13)9(14)3-7/h1-4H,5-6H2. The molecule has 6 heteroatoms. The summed E-state index contributed by atoms with van der Waals surface area (Å²) in [7, 11) is 0. The number of rotatable bonds is 2. The Morgan fingerprint density at radius 3 is 2.71 bits per heavy atom. The zero-order valence-electron chi connectivity index (χ0n) is 8.63. The third kappa shape index (κ3) is 2.88. The molecule has 0 spiro atoms. The zero-order valence-corrected chi connectivity index (χ0v) is 10.2. The van der Waals surface area contributed by atoms with Gasteiger partial charge in [0.05, 0.1) is 17.4 Å². The van der Waals surface area contributed by atoms with Crippen LogP contribution in [0.2, 0.25) is 0 Å². The molecule has 1 aliphatic rings. The summed E-state index contributed by atoms with van der Waals surface area (Å²) < 4.78 is 39.3. The first-order valence-electron chi connectivity index (χ1n) is 4.83. The molecular weight excluding hydrogens is 297 g/mol. The van der Waals surface area contributed by atoms with E-state index in [0.29, 0.717) is 10.2 Å². The van der Waals surface area contributed by atoms with Crippen molar-refractivity contribution in [1.29, 1.82) is 0 Å². The van der Waals surface area contributed by atoms with Gasteiger partial charge in [0.15, 0.2) is 11.6 Å². The third-order valence-corrected chi connectivity index (χ3v) is 3.00. The van der Waals surface area contributed by atoms with Crippen molar-refractivity contribution in [3.8, 4) is 0 Å². The van der Waals surface area contributed by atoms with Crippen molar-refractivity contribution in [3.05, 3.63) is 46.2 Å². The van der Waals surface area contributed by atoms with E-state index in [9.17, 15) is 13.2 Å². The predicted octanol–water partition coefficient (Wildman–Crippen LogP) is 3.34. The normalized spacial score (nSPS) is 15.6. The minimum atomic E-state index is -0.909. The van der Waals surface area contributed by atoms with Crippen LogP contribution >= 0.6 is 15.9 Å². The summed E-state index contributed by atoms with van der Waals surface area (Å²) in [4.78, 5) is 5.12. The molecule has 1 aromatic carbocycles. The third-order valence-electron chi connectivity index (χ3n) is 2.29. The van der Waals surface area contributed by atoms with Crippen molar-refractivity contribution in [2.45, 2.75) is 6.54 Å². The fraction of sp³-hybridized carbons (Fsp3) is 0.182. The lowest BCUT2D eigenvalue weighted by Gasteiger charge is -2.24. The highest BCUT2D eigenvalue weighted by molar-refractivity contribution is 9.11. The van der Waals surface area contributed by atoms with Gasteiger partial charge in [-0.15, -0.1) is 0 Å². The Morgan fingerprint density at radius 1 is 1.24 bits per heavy atom. The van der Waals surface area contributed by atoms with Gasteiger partial charge in [0.1, 0.15) is 0 Å². The lowest BCUT2D eigenvalue weighted by Crippen LogP contribution is -2.27. The van der Waals surface area contributed by atoms with Crippen LogP contribution in [0.5, 0.6) is 0 Å². The number of nitrogens with zero attached hydrogens (tertiary/aromatic N) is 2. The highest BCUT2D eigenvalue weighted by Gasteiger charge is 2.15. The van der Waals surface area contributed by atoms with Gasteiger partial charge in [-0.25, -0.2) is 13.8 Å². The van der Waals surface area contributed by atoms with E-state index in [1.807, 2.05) is 0 Å². The van der Waals surface area contributed by atoms with Gasteiger partial charge >= 0.3 is 0 Å². The number of benzene rings is 1. The van der Waals surface area contributed by atoms with Gasteiger partial charge in [-0.2, -0.15) is 4.39 Å². The summed E-state index contributed by atoms with van der Waals surface area (Å²) in [5.41, 5.74) is 0.559. The molecular formula is C11H8BrF3N2. The van der Waals surface area contributed by atoms with Crippen molar-refractivity contribution < 1.29 is 13.2 Å². The van der Waals surface area contributed by atoms with Gasteiger partial charge in [-0.1, -0.05) is 6.07 Å². The van der Waals surface area contributed by atoms with Gasteiger partial charge in [0.2, 0.25) is 5.97 Å². The fourth-order valence-electron chi connectivity index (χ4n) is 1.47. The molecule has 0 bridgehead atoms. The molecule has 0 amide bonds. The maximum absolute atomic E-state index is 13.0. The molecule has 17 heavy (non-hydrogen) atoms. The molecule has 0 unspecified atom stereocenters. The Balaban J connectivity index is 2.14. The van der Waals surface area contributed by atoms with Crippen LogP contribution in [0.25, 0.3) is 0 Å². The second-order valence-electron chi connectivity index (χ2n) is 3.56. The lowest BCUT2D eigenvalue weighted by molar-refractivity contribution is 0.392. The first-order valence-corrected chi connectivity index (χ1v) is 5.62. The molecule has 2 rings (SSSR count). The number of aliphatic imine (C=N–C) groups is 1. The highest BCUT2D eigenvalue weighted by Crippen LogP contribution is 2.20. The predicted molar refractivity (Wildman–Crippen MR) is 62.3 cm³/mol. The van der Waals surface area contributed by atoms with E-state index < -0.39 is 17.6 Å². The Bertz CT molecular complexity index is 499. The Morgan fingerprint density at radius 2 is 2.00 bits per heavy atom. The summed E-state index contributed by atoms with van der Waals surface area (Å²) in [6.45, 7) is 0.285. The maximum Gasteiger partial charge on any atom is 0.208 e. The molecule has 0 aliphatic carbocycles. The average molecular weight is 305 g/mol. The summed E-state index contributed by atoms with van der Waals surface area (Å²) in [6, 6.07) is 3.61. The van der Waals surface area contributed by atoms with E-state index in [2.05, 4.69) is 20.9 Å². The maximum atomic E-state index is 13.0. The topological polar surface area (TPSA) is 15.6 Å². The molecule has 0 fully saturated rings. The number of halogens is 4. The van der Waals surface area contributed by atoms with Crippen molar-refractivity contribution in [2.24, 2.45) is 4.99 Å².